The van der Waals surface area contributed by atoms with Crippen LogP contribution in [0.15, 0.2) is 42.5 Å². The molecule has 0 atom stereocenters. The molecule has 1 N–H and O–H groups in total. The zero-order valence-electron chi connectivity index (χ0n) is 10.8. The molecule has 0 aliphatic rings. The first-order valence-corrected chi connectivity index (χ1v) is 6.77. The molecule has 1 amide bonds. The summed E-state index contributed by atoms with van der Waals surface area (Å²) >= 11 is 11.5. The van der Waals surface area contributed by atoms with Crippen molar-refractivity contribution >= 4 is 41.1 Å². The number of hydrogen-bond donors (Lipinski definition) is 1. The van der Waals surface area contributed by atoms with Crippen LogP contribution in [-0.2, 0) is 4.79 Å². The Bertz CT molecular complexity index is 656. The maximum absolute atomic E-state index is 11.8. The van der Waals surface area contributed by atoms with Crippen LogP contribution in [0.4, 0.5) is 5.69 Å². The molecule has 0 bridgehead atoms. The van der Waals surface area contributed by atoms with Gasteiger partial charge in [-0.1, -0.05) is 23.2 Å². The standard InChI is InChI=1S/C15H11Cl2NO3/c16-11-1-4-13(5-2-11)18-15(20)9-21-14-6-3-12(17)7-10(14)8-19/h1-8H,9H2,(H,18,20). The fraction of sp³-hybridized carbons (Fsp3) is 0.0667. The number of nitrogens with one attached hydrogen (secondary N) is 1. The zero-order valence-corrected chi connectivity index (χ0v) is 12.3. The van der Waals surface area contributed by atoms with Gasteiger partial charge in [-0.3, -0.25) is 9.59 Å². The molecule has 0 saturated carbocycles. The van der Waals surface area contributed by atoms with E-state index in [0.29, 0.717) is 33.3 Å². The highest BCUT2D eigenvalue weighted by Gasteiger charge is 2.07. The van der Waals surface area contributed by atoms with E-state index in [1.54, 1.807) is 36.4 Å². The lowest BCUT2D eigenvalue weighted by Gasteiger charge is -2.09. The summed E-state index contributed by atoms with van der Waals surface area (Å²) in [5, 5.41) is 3.66. The maximum atomic E-state index is 11.8. The number of halogens is 2. The van der Waals surface area contributed by atoms with E-state index in [-0.39, 0.29) is 12.5 Å². The van der Waals surface area contributed by atoms with E-state index in [1.807, 2.05) is 0 Å². The second-order valence-electron chi connectivity index (χ2n) is 4.14. The topological polar surface area (TPSA) is 55.4 Å². The van der Waals surface area contributed by atoms with Gasteiger partial charge in [-0.2, -0.15) is 0 Å². The van der Waals surface area contributed by atoms with Gasteiger partial charge in [0.05, 0.1) is 5.56 Å². The molecule has 0 heterocycles. The molecule has 0 spiro atoms. The highest BCUT2D eigenvalue weighted by molar-refractivity contribution is 6.31. The lowest BCUT2D eigenvalue weighted by molar-refractivity contribution is -0.118. The summed E-state index contributed by atoms with van der Waals surface area (Å²) in [5.74, 6) is -0.0372. The van der Waals surface area contributed by atoms with Crippen molar-refractivity contribution in [3.8, 4) is 5.75 Å². The Morgan fingerprint density at radius 1 is 1.10 bits per heavy atom. The Morgan fingerprint density at radius 2 is 1.76 bits per heavy atom. The molecule has 4 nitrogen and oxygen atoms in total. The minimum atomic E-state index is -0.343. The molecule has 0 unspecified atom stereocenters. The predicted molar refractivity (Wildman–Crippen MR) is 82.4 cm³/mol. The predicted octanol–water partition coefficient (Wildman–Crippen LogP) is 3.82. The van der Waals surface area contributed by atoms with E-state index in [4.69, 9.17) is 27.9 Å². The highest BCUT2D eigenvalue weighted by atomic mass is 35.5. The van der Waals surface area contributed by atoms with Crippen molar-refractivity contribution in [3.63, 3.8) is 0 Å². The number of anilines is 1. The second kappa shape index (κ2) is 7.11. The molecular weight excluding hydrogens is 313 g/mol. The van der Waals surface area contributed by atoms with Crippen LogP contribution in [0.5, 0.6) is 5.75 Å². The molecule has 0 radical (unpaired) electrons. The minimum absolute atomic E-state index is 0.217. The third-order valence-corrected chi connectivity index (χ3v) is 3.07. The first-order chi connectivity index (χ1) is 10.1. The fourth-order valence-electron chi connectivity index (χ4n) is 1.62. The van der Waals surface area contributed by atoms with Crippen molar-refractivity contribution in [2.24, 2.45) is 0 Å². The van der Waals surface area contributed by atoms with Crippen molar-refractivity contribution in [3.05, 3.63) is 58.1 Å². The largest absolute Gasteiger partial charge is 0.483 e. The van der Waals surface area contributed by atoms with Gasteiger partial charge in [0, 0.05) is 15.7 Å². The van der Waals surface area contributed by atoms with Crippen LogP contribution in [-0.4, -0.2) is 18.8 Å². The van der Waals surface area contributed by atoms with E-state index in [0.717, 1.165) is 0 Å². The molecule has 0 aromatic heterocycles. The Balaban J connectivity index is 1.95. The molecule has 21 heavy (non-hydrogen) atoms. The molecule has 6 heteroatoms. The average Bonchev–Trinajstić information content (AvgIpc) is 2.48. The lowest BCUT2D eigenvalue weighted by Crippen LogP contribution is -2.20. The third kappa shape index (κ3) is 4.48. The van der Waals surface area contributed by atoms with Crippen LogP contribution >= 0.6 is 23.2 Å². The van der Waals surface area contributed by atoms with Gasteiger partial charge >= 0.3 is 0 Å². The molecule has 0 fully saturated rings. The number of amides is 1. The number of carbonyl (C=O) groups is 2. The van der Waals surface area contributed by atoms with Crippen LogP contribution in [0.1, 0.15) is 10.4 Å². The van der Waals surface area contributed by atoms with Gasteiger partial charge in [-0.15, -0.1) is 0 Å². The van der Waals surface area contributed by atoms with E-state index < -0.39 is 0 Å². The molecule has 2 aromatic carbocycles. The molecule has 0 saturated heterocycles. The average molecular weight is 324 g/mol. The summed E-state index contributed by atoms with van der Waals surface area (Å²) in [6.45, 7) is -0.217. The smallest absolute Gasteiger partial charge is 0.262 e. The van der Waals surface area contributed by atoms with E-state index >= 15 is 0 Å². The molecule has 0 aliphatic heterocycles. The van der Waals surface area contributed by atoms with Crippen molar-refractivity contribution in [1.82, 2.24) is 0 Å². The van der Waals surface area contributed by atoms with Crippen LogP contribution in [0.2, 0.25) is 10.0 Å². The lowest BCUT2D eigenvalue weighted by atomic mass is 10.2. The number of ether oxygens (including phenoxy) is 1. The second-order valence-corrected chi connectivity index (χ2v) is 5.02. The minimum Gasteiger partial charge on any atom is -0.483 e. The van der Waals surface area contributed by atoms with Crippen molar-refractivity contribution in [2.75, 3.05) is 11.9 Å². The summed E-state index contributed by atoms with van der Waals surface area (Å²) in [5.41, 5.74) is 0.904. The first-order valence-electron chi connectivity index (χ1n) is 6.01. The summed E-state index contributed by atoms with van der Waals surface area (Å²) in [4.78, 5) is 22.6. The van der Waals surface area contributed by atoms with Crippen LogP contribution in [0, 0.1) is 0 Å². The van der Waals surface area contributed by atoms with Gasteiger partial charge in [-0.25, -0.2) is 0 Å². The van der Waals surface area contributed by atoms with Crippen molar-refractivity contribution in [2.45, 2.75) is 0 Å². The van der Waals surface area contributed by atoms with E-state index in [1.165, 1.54) is 6.07 Å². The monoisotopic (exact) mass is 323 g/mol. The van der Waals surface area contributed by atoms with Crippen molar-refractivity contribution < 1.29 is 14.3 Å². The first kappa shape index (κ1) is 15.4. The number of benzene rings is 2. The fourth-order valence-corrected chi connectivity index (χ4v) is 1.92. The Morgan fingerprint density at radius 3 is 2.43 bits per heavy atom. The van der Waals surface area contributed by atoms with Crippen LogP contribution in [0.25, 0.3) is 0 Å². The molecule has 108 valence electrons. The Labute approximate surface area is 131 Å². The normalized spacial score (nSPS) is 10.0. The van der Waals surface area contributed by atoms with Crippen LogP contribution < -0.4 is 10.1 Å². The van der Waals surface area contributed by atoms with Gasteiger partial charge in [0.1, 0.15) is 5.75 Å². The van der Waals surface area contributed by atoms with E-state index in [9.17, 15) is 9.59 Å². The quantitative estimate of drug-likeness (QED) is 0.851. The molecule has 0 aliphatic carbocycles. The molecule has 2 rings (SSSR count). The van der Waals surface area contributed by atoms with Gasteiger partial charge < -0.3 is 10.1 Å². The number of rotatable bonds is 5. The summed E-state index contributed by atoms with van der Waals surface area (Å²) < 4.78 is 5.31. The SMILES string of the molecule is O=Cc1cc(Cl)ccc1OCC(=O)Nc1ccc(Cl)cc1. The molecular formula is C15H11Cl2NO3. The Kier molecular flexibility index (Phi) is 5.20. The highest BCUT2D eigenvalue weighted by Crippen LogP contribution is 2.21. The van der Waals surface area contributed by atoms with Gasteiger partial charge in [-0.05, 0) is 42.5 Å². The Hall–Kier alpha value is -2.04. The number of hydrogen-bond acceptors (Lipinski definition) is 3. The molecule has 2 aromatic rings. The summed E-state index contributed by atoms with van der Waals surface area (Å²) in [7, 11) is 0. The summed E-state index contributed by atoms with van der Waals surface area (Å²) in [6, 6.07) is 11.3. The van der Waals surface area contributed by atoms with Gasteiger partial charge in [0.15, 0.2) is 12.9 Å². The third-order valence-electron chi connectivity index (χ3n) is 2.59. The zero-order chi connectivity index (χ0) is 15.2. The summed E-state index contributed by atoms with van der Waals surface area (Å²) in [6.07, 6.45) is 0.623. The van der Waals surface area contributed by atoms with Crippen molar-refractivity contribution in [1.29, 1.82) is 0 Å². The van der Waals surface area contributed by atoms with Gasteiger partial charge in [0.2, 0.25) is 0 Å². The number of carbonyl (C=O) groups excluding carboxylic acids is 2. The van der Waals surface area contributed by atoms with Crippen LogP contribution in [0.3, 0.4) is 0 Å². The number of aldehydes is 1. The van der Waals surface area contributed by atoms with Gasteiger partial charge in [0.25, 0.3) is 5.91 Å². The maximum Gasteiger partial charge on any atom is 0.262 e. The van der Waals surface area contributed by atoms with E-state index in [2.05, 4.69) is 5.32 Å².